The van der Waals surface area contributed by atoms with Crippen molar-refractivity contribution in [3.8, 4) is 0 Å². The molecule has 0 atom stereocenters. The lowest BCUT2D eigenvalue weighted by atomic mass is 10.2. The molecule has 2 rings (SSSR count). The van der Waals surface area contributed by atoms with E-state index in [-0.39, 0.29) is 5.02 Å². The molecule has 4 heteroatoms. The number of rotatable bonds is 2. The van der Waals surface area contributed by atoms with Gasteiger partial charge >= 0.3 is 0 Å². The third-order valence-electron chi connectivity index (χ3n) is 2.37. The number of aryl methyl sites for hydroxylation is 1. The molecule has 0 aliphatic heterocycles. The molecule has 0 radical (unpaired) electrons. The van der Waals surface area contributed by atoms with Crippen LogP contribution in [0.4, 0.5) is 10.1 Å². The summed E-state index contributed by atoms with van der Waals surface area (Å²) in [6.45, 7) is 2.02. The quantitative estimate of drug-likeness (QED) is 0.810. The van der Waals surface area contributed by atoms with Crippen LogP contribution in [0.15, 0.2) is 46.2 Å². The summed E-state index contributed by atoms with van der Waals surface area (Å²) in [6, 6.07) is 10.8. The average Bonchev–Trinajstić information content (AvgIpc) is 2.29. The largest absolute Gasteiger partial charge is 0.398 e. The van der Waals surface area contributed by atoms with E-state index in [0.29, 0.717) is 5.69 Å². The predicted octanol–water partition coefficient (Wildman–Crippen LogP) is 4.52. The summed E-state index contributed by atoms with van der Waals surface area (Å²) < 4.78 is 13.2. The molecule has 0 aliphatic rings. The highest BCUT2D eigenvalue weighted by Gasteiger charge is 2.08. The number of hydrogen-bond donors (Lipinski definition) is 1. The van der Waals surface area contributed by atoms with E-state index < -0.39 is 5.82 Å². The van der Waals surface area contributed by atoms with Crippen molar-refractivity contribution >= 4 is 29.1 Å². The average molecular weight is 268 g/mol. The molecule has 0 amide bonds. The molecule has 2 aromatic rings. The van der Waals surface area contributed by atoms with Crippen LogP contribution in [-0.4, -0.2) is 0 Å². The molecule has 2 aromatic carbocycles. The van der Waals surface area contributed by atoms with Crippen molar-refractivity contribution in [2.45, 2.75) is 16.7 Å². The van der Waals surface area contributed by atoms with Crippen molar-refractivity contribution in [3.63, 3.8) is 0 Å². The second kappa shape index (κ2) is 4.98. The normalized spacial score (nSPS) is 10.5. The fourth-order valence-electron chi connectivity index (χ4n) is 1.42. The lowest BCUT2D eigenvalue weighted by Crippen LogP contribution is -1.91. The SMILES string of the molecule is Cc1ccccc1Sc1cc(Cl)c(F)cc1N. The molecule has 1 nitrogen and oxygen atoms in total. The van der Waals surface area contributed by atoms with Crippen molar-refractivity contribution in [2.75, 3.05) is 5.73 Å². The van der Waals surface area contributed by atoms with E-state index in [1.165, 1.54) is 17.8 Å². The molecule has 0 spiro atoms. The summed E-state index contributed by atoms with van der Waals surface area (Å²) >= 11 is 7.24. The van der Waals surface area contributed by atoms with Gasteiger partial charge < -0.3 is 5.73 Å². The standard InChI is InChI=1S/C13H11ClFNS/c1-8-4-2-3-5-12(8)17-13-6-9(14)10(15)7-11(13)16/h2-7H,16H2,1H3. The zero-order chi connectivity index (χ0) is 12.4. The van der Waals surface area contributed by atoms with Crippen molar-refractivity contribution in [1.82, 2.24) is 0 Å². The molecule has 0 heterocycles. The Bertz CT molecular complexity index is 557. The van der Waals surface area contributed by atoms with Gasteiger partial charge in [0, 0.05) is 15.5 Å². The number of nitrogen functional groups attached to an aromatic ring is 1. The Labute approximate surface area is 109 Å². The molecule has 0 unspecified atom stereocenters. The zero-order valence-corrected chi connectivity index (χ0v) is 10.8. The number of nitrogens with two attached hydrogens (primary N) is 1. The Kier molecular flexibility index (Phi) is 3.60. The van der Waals surface area contributed by atoms with Gasteiger partial charge in [0.1, 0.15) is 5.82 Å². The first-order valence-electron chi connectivity index (χ1n) is 5.06. The van der Waals surface area contributed by atoms with Crippen LogP contribution in [0.1, 0.15) is 5.56 Å². The predicted molar refractivity (Wildman–Crippen MR) is 71.1 cm³/mol. The van der Waals surface area contributed by atoms with Gasteiger partial charge in [0.2, 0.25) is 0 Å². The third-order valence-corrected chi connectivity index (χ3v) is 3.91. The van der Waals surface area contributed by atoms with E-state index in [2.05, 4.69) is 0 Å². The highest BCUT2D eigenvalue weighted by molar-refractivity contribution is 7.99. The van der Waals surface area contributed by atoms with Crippen LogP contribution >= 0.6 is 23.4 Å². The van der Waals surface area contributed by atoms with Crippen LogP contribution in [0.3, 0.4) is 0 Å². The van der Waals surface area contributed by atoms with Gasteiger partial charge in [0.15, 0.2) is 0 Å². The molecular formula is C13H11ClFNS. The van der Waals surface area contributed by atoms with Crippen LogP contribution in [-0.2, 0) is 0 Å². The molecule has 2 N–H and O–H groups in total. The second-order valence-electron chi connectivity index (χ2n) is 3.67. The molecule has 0 fully saturated rings. The van der Waals surface area contributed by atoms with E-state index in [1.807, 2.05) is 31.2 Å². The van der Waals surface area contributed by atoms with Crippen LogP contribution in [0.2, 0.25) is 5.02 Å². The lowest BCUT2D eigenvalue weighted by molar-refractivity contribution is 0.628. The summed E-state index contributed by atoms with van der Waals surface area (Å²) in [5.41, 5.74) is 7.32. The maximum atomic E-state index is 13.2. The number of halogens is 2. The molecule has 0 aromatic heterocycles. The van der Waals surface area contributed by atoms with Crippen molar-refractivity contribution in [1.29, 1.82) is 0 Å². The Hall–Kier alpha value is -1.19. The maximum Gasteiger partial charge on any atom is 0.143 e. The topological polar surface area (TPSA) is 26.0 Å². The molecule has 0 bridgehead atoms. The Morgan fingerprint density at radius 3 is 2.59 bits per heavy atom. The van der Waals surface area contributed by atoms with E-state index >= 15 is 0 Å². The summed E-state index contributed by atoms with van der Waals surface area (Å²) in [5.74, 6) is -0.488. The van der Waals surface area contributed by atoms with Gasteiger partial charge in [-0.2, -0.15) is 0 Å². The van der Waals surface area contributed by atoms with Crippen LogP contribution in [0.5, 0.6) is 0 Å². The van der Waals surface area contributed by atoms with Gasteiger partial charge in [-0.15, -0.1) is 0 Å². The highest BCUT2D eigenvalue weighted by atomic mass is 35.5. The summed E-state index contributed by atoms with van der Waals surface area (Å²) in [4.78, 5) is 1.85. The first-order valence-corrected chi connectivity index (χ1v) is 6.25. The summed E-state index contributed by atoms with van der Waals surface area (Å²) in [5, 5.41) is 0.0929. The minimum absolute atomic E-state index is 0.0929. The van der Waals surface area contributed by atoms with Gasteiger partial charge in [-0.1, -0.05) is 41.6 Å². The Morgan fingerprint density at radius 2 is 1.88 bits per heavy atom. The zero-order valence-electron chi connectivity index (χ0n) is 9.21. The fraction of sp³-hybridized carbons (Fsp3) is 0.0769. The number of anilines is 1. The summed E-state index contributed by atoms with van der Waals surface area (Å²) in [6.07, 6.45) is 0. The minimum atomic E-state index is -0.488. The molecule has 0 aliphatic carbocycles. The second-order valence-corrected chi connectivity index (χ2v) is 5.16. The van der Waals surface area contributed by atoms with E-state index in [1.54, 1.807) is 6.07 Å². The van der Waals surface area contributed by atoms with Crippen LogP contribution in [0, 0.1) is 12.7 Å². The Morgan fingerprint density at radius 1 is 1.18 bits per heavy atom. The number of benzene rings is 2. The highest BCUT2D eigenvalue weighted by Crippen LogP contribution is 2.36. The molecule has 88 valence electrons. The van der Waals surface area contributed by atoms with Crippen LogP contribution in [0.25, 0.3) is 0 Å². The van der Waals surface area contributed by atoms with Gasteiger partial charge in [-0.05, 0) is 30.7 Å². The molecule has 17 heavy (non-hydrogen) atoms. The van der Waals surface area contributed by atoms with Gasteiger partial charge in [-0.3, -0.25) is 0 Å². The van der Waals surface area contributed by atoms with Gasteiger partial charge in [0.05, 0.1) is 5.02 Å². The van der Waals surface area contributed by atoms with Gasteiger partial charge in [0.25, 0.3) is 0 Å². The first-order chi connectivity index (χ1) is 8.08. The van der Waals surface area contributed by atoms with E-state index in [4.69, 9.17) is 17.3 Å². The third kappa shape index (κ3) is 2.73. The van der Waals surface area contributed by atoms with E-state index in [0.717, 1.165) is 15.4 Å². The first kappa shape index (κ1) is 12.3. The van der Waals surface area contributed by atoms with Crippen molar-refractivity contribution < 1.29 is 4.39 Å². The number of hydrogen-bond acceptors (Lipinski definition) is 2. The van der Waals surface area contributed by atoms with E-state index in [9.17, 15) is 4.39 Å². The van der Waals surface area contributed by atoms with Crippen LogP contribution < -0.4 is 5.73 Å². The minimum Gasteiger partial charge on any atom is -0.398 e. The monoisotopic (exact) mass is 267 g/mol. The Balaban J connectivity index is 2.37. The molecule has 0 saturated carbocycles. The lowest BCUT2D eigenvalue weighted by Gasteiger charge is -2.08. The van der Waals surface area contributed by atoms with Crippen molar-refractivity contribution in [2.24, 2.45) is 0 Å². The summed E-state index contributed by atoms with van der Waals surface area (Å²) in [7, 11) is 0. The molecule has 0 saturated heterocycles. The molecular weight excluding hydrogens is 257 g/mol. The smallest absolute Gasteiger partial charge is 0.143 e. The fourth-order valence-corrected chi connectivity index (χ4v) is 2.62. The van der Waals surface area contributed by atoms with Gasteiger partial charge in [-0.25, -0.2) is 4.39 Å². The maximum absolute atomic E-state index is 13.2. The van der Waals surface area contributed by atoms with Crippen molar-refractivity contribution in [3.05, 3.63) is 52.8 Å².